The molecule has 0 N–H and O–H groups in total. The summed E-state index contributed by atoms with van der Waals surface area (Å²) in [5.74, 6) is 1.80. The average molecular weight is 418 g/mol. The number of hydrogen-bond acceptors (Lipinski definition) is 1. The van der Waals surface area contributed by atoms with E-state index in [0.29, 0.717) is 5.56 Å². The highest BCUT2D eigenvalue weighted by Gasteiger charge is 2.32. The third kappa shape index (κ3) is 6.85. The van der Waals surface area contributed by atoms with E-state index in [1.54, 1.807) is 0 Å². The zero-order valence-corrected chi connectivity index (χ0v) is 18.1. The van der Waals surface area contributed by atoms with Gasteiger partial charge in [-0.2, -0.15) is 13.2 Å². The van der Waals surface area contributed by atoms with Crippen molar-refractivity contribution in [1.29, 1.82) is 0 Å². The fourth-order valence-electron chi connectivity index (χ4n) is 4.64. The van der Waals surface area contributed by atoms with Crippen LogP contribution in [0.4, 0.5) is 13.2 Å². The molecule has 4 heteroatoms. The molecule has 164 valence electrons. The molecule has 2 aromatic rings. The van der Waals surface area contributed by atoms with Crippen LogP contribution in [0, 0.1) is 11.8 Å². The number of benzene rings is 1. The Morgan fingerprint density at radius 1 is 0.800 bits per heavy atom. The maximum absolute atomic E-state index is 12.7. The molecule has 1 nitrogen and oxygen atoms in total. The Balaban J connectivity index is 1.42. The van der Waals surface area contributed by atoms with Crippen molar-refractivity contribution in [3.8, 4) is 11.1 Å². The molecule has 0 spiro atoms. The van der Waals surface area contributed by atoms with Gasteiger partial charge in [0.1, 0.15) is 5.69 Å². The van der Waals surface area contributed by atoms with Gasteiger partial charge >= 0.3 is 6.18 Å². The molecule has 0 unspecified atom stereocenters. The predicted octanol–water partition coefficient (Wildman–Crippen LogP) is 8.48. The third-order valence-electron chi connectivity index (χ3n) is 6.61. The first-order valence-corrected chi connectivity index (χ1v) is 11.6. The lowest BCUT2D eigenvalue weighted by atomic mass is 9.77. The lowest BCUT2D eigenvalue weighted by Crippen LogP contribution is -2.15. The van der Waals surface area contributed by atoms with Crippen LogP contribution in [0.3, 0.4) is 0 Å². The highest BCUT2D eigenvalue weighted by Crippen LogP contribution is 2.34. The van der Waals surface area contributed by atoms with Crippen LogP contribution in [0.1, 0.15) is 82.4 Å². The lowest BCUT2D eigenvalue weighted by molar-refractivity contribution is -0.141. The van der Waals surface area contributed by atoms with Gasteiger partial charge in [-0.05, 0) is 41.9 Å². The van der Waals surface area contributed by atoms with Crippen LogP contribution >= 0.6 is 0 Å². The molecule has 30 heavy (non-hydrogen) atoms. The molecule has 1 aliphatic carbocycles. The summed E-state index contributed by atoms with van der Waals surface area (Å²) in [5, 5.41) is 0. The van der Waals surface area contributed by atoms with Gasteiger partial charge in [-0.25, -0.2) is 0 Å². The summed E-state index contributed by atoms with van der Waals surface area (Å²) in [6.45, 7) is 2.27. The van der Waals surface area contributed by atoms with Crippen molar-refractivity contribution in [3.63, 3.8) is 0 Å². The molecule has 0 radical (unpaired) electrons. The first-order valence-electron chi connectivity index (χ1n) is 11.6. The first-order chi connectivity index (χ1) is 14.5. The quantitative estimate of drug-likeness (QED) is 0.373. The van der Waals surface area contributed by atoms with E-state index in [4.69, 9.17) is 0 Å². The number of nitrogens with zero attached hydrogens (tertiary/aromatic N) is 1. The summed E-state index contributed by atoms with van der Waals surface area (Å²) in [5.41, 5.74) is 2.08. The Hall–Kier alpha value is -1.84. The van der Waals surface area contributed by atoms with Gasteiger partial charge in [-0.3, -0.25) is 4.98 Å². The van der Waals surface area contributed by atoms with Gasteiger partial charge in [0.05, 0.1) is 0 Å². The molecule has 1 heterocycles. The number of halogens is 3. The van der Waals surface area contributed by atoms with E-state index in [2.05, 4.69) is 24.0 Å². The summed E-state index contributed by atoms with van der Waals surface area (Å²) in [7, 11) is 0. The lowest BCUT2D eigenvalue weighted by Gasteiger charge is -2.28. The highest BCUT2D eigenvalue weighted by atomic mass is 19.4. The number of hydrogen-bond donors (Lipinski definition) is 0. The molecule has 1 saturated carbocycles. The summed E-state index contributed by atoms with van der Waals surface area (Å²) >= 11 is 0. The van der Waals surface area contributed by atoms with Crippen LogP contribution in [-0.4, -0.2) is 4.98 Å². The molecule has 0 atom stereocenters. The van der Waals surface area contributed by atoms with Gasteiger partial charge in [-0.1, -0.05) is 95.0 Å². The molecule has 3 rings (SSSR count). The smallest absolute Gasteiger partial charge is 0.251 e. The van der Waals surface area contributed by atoms with Crippen molar-refractivity contribution in [2.45, 2.75) is 83.7 Å². The molecule has 1 aromatic carbocycles. The van der Waals surface area contributed by atoms with E-state index >= 15 is 0 Å². The normalized spacial score (nSPS) is 19.7. The zero-order valence-electron chi connectivity index (χ0n) is 18.1. The summed E-state index contributed by atoms with van der Waals surface area (Å²) < 4.78 is 38.0. The molecular formula is C26H34F3N. The van der Waals surface area contributed by atoms with Gasteiger partial charge in [0.15, 0.2) is 0 Å². The van der Waals surface area contributed by atoms with Crippen LogP contribution in [0.2, 0.25) is 0 Å². The Labute approximate surface area is 179 Å². The second-order valence-corrected chi connectivity index (χ2v) is 8.90. The number of unbranched alkanes of at least 4 members (excludes halogenated alkanes) is 3. The maximum atomic E-state index is 12.7. The molecule has 1 aromatic heterocycles. The minimum absolute atomic E-state index is 0.715. The van der Waals surface area contributed by atoms with Crippen LogP contribution in [0.25, 0.3) is 11.1 Å². The second-order valence-electron chi connectivity index (χ2n) is 8.90. The Kier molecular flexibility index (Phi) is 8.35. The standard InChI is InChI=1S/C26H34F3N/c1-2-3-4-5-6-20-7-9-21(10-8-20)11-12-22-13-15-23(16-14-22)24-17-18-25(30-19-24)26(27,28)29/h13-21H,2-12H2,1H3. The molecule has 0 amide bonds. The third-order valence-corrected chi connectivity index (χ3v) is 6.61. The number of alkyl halides is 3. The SMILES string of the molecule is CCCCCCC1CCC(CCc2ccc(-c3ccc(C(F)(F)F)nc3)cc2)CC1. The number of aromatic nitrogens is 1. The minimum atomic E-state index is -4.39. The number of pyridine rings is 1. The van der Waals surface area contributed by atoms with Crippen molar-refractivity contribution < 1.29 is 13.2 Å². The average Bonchev–Trinajstić information content (AvgIpc) is 2.76. The Morgan fingerprint density at radius 3 is 2.00 bits per heavy atom. The fraction of sp³-hybridized carbons (Fsp3) is 0.577. The Bertz CT molecular complexity index is 741. The monoisotopic (exact) mass is 417 g/mol. The molecule has 1 aliphatic rings. The maximum Gasteiger partial charge on any atom is 0.433 e. The largest absolute Gasteiger partial charge is 0.433 e. The van der Waals surface area contributed by atoms with E-state index in [0.717, 1.165) is 29.9 Å². The van der Waals surface area contributed by atoms with Crippen molar-refractivity contribution in [2.75, 3.05) is 0 Å². The summed E-state index contributed by atoms with van der Waals surface area (Å²) in [6, 6.07) is 10.7. The number of aryl methyl sites for hydroxylation is 1. The van der Waals surface area contributed by atoms with Crippen LogP contribution in [0.5, 0.6) is 0 Å². The fourth-order valence-corrected chi connectivity index (χ4v) is 4.64. The van der Waals surface area contributed by atoms with Crippen molar-refractivity contribution in [1.82, 2.24) is 4.98 Å². The van der Waals surface area contributed by atoms with Crippen molar-refractivity contribution in [2.24, 2.45) is 11.8 Å². The van der Waals surface area contributed by atoms with Crippen LogP contribution in [0.15, 0.2) is 42.6 Å². The molecular weight excluding hydrogens is 383 g/mol. The van der Waals surface area contributed by atoms with Crippen molar-refractivity contribution >= 4 is 0 Å². The van der Waals surface area contributed by atoms with Crippen molar-refractivity contribution in [3.05, 3.63) is 53.9 Å². The van der Waals surface area contributed by atoms with E-state index in [1.165, 1.54) is 82.0 Å². The molecule has 0 saturated heterocycles. The van der Waals surface area contributed by atoms with E-state index in [1.807, 2.05) is 12.1 Å². The van der Waals surface area contributed by atoms with E-state index in [9.17, 15) is 13.2 Å². The van der Waals surface area contributed by atoms with E-state index in [-0.39, 0.29) is 0 Å². The molecule has 0 aliphatic heterocycles. The zero-order chi connectivity index (χ0) is 21.4. The van der Waals surface area contributed by atoms with Gasteiger partial charge < -0.3 is 0 Å². The van der Waals surface area contributed by atoms with E-state index < -0.39 is 11.9 Å². The molecule has 1 fully saturated rings. The van der Waals surface area contributed by atoms with Gasteiger partial charge in [0, 0.05) is 11.8 Å². The van der Waals surface area contributed by atoms with Crippen LogP contribution < -0.4 is 0 Å². The van der Waals surface area contributed by atoms with Crippen LogP contribution in [-0.2, 0) is 12.6 Å². The first kappa shape index (κ1) is 22.8. The highest BCUT2D eigenvalue weighted by molar-refractivity contribution is 5.62. The number of rotatable bonds is 9. The predicted molar refractivity (Wildman–Crippen MR) is 117 cm³/mol. The van der Waals surface area contributed by atoms with Gasteiger partial charge in [0.2, 0.25) is 0 Å². The van der Waals surface area contributed by atoms with Gasteiger partial charge in [-0.15, -0.1) is 0 Å². The minimum Gasteiger partial charge on any atom is -0.251 e. The second kappa shape index (κ2) is 11.0. The van der Waals surface area contributed by atoms with Gasteiger partial charge in [0.25, 0.3) is 0 Å². The Morgan fingerprint density at radius 2 is 1.43 bits per heavy atom. The molecule has 0 bridgehead atoms. The summed E-state index contributed by atoms with van der Waals surface area (Å²) in [4.78, 5) is 3.56. The summed E-state index contributed by atoms with van der Waals surface area (Å²) in [6.07, 6.45) is 11.7. The topological polar surface area (TPSA) is 12.9 Å².